The molecule has 0 unspecified atom stereocenters. The summed E-state index contributed by atoms with van der Waals surface area (Å²) < 4.78 is 0. The summed E-state index contributed by atoms with van der Waals surface area (Å²) >= 11 is 0. The number of hydrogen-bond acceptors (Lipinski definition) is 3. The number of nitrogens with two attached hydrogens (primary N) is 1. The number of anilines is 2. The summed E-state index contributed by atoms with van der Waals surface area (Å²) in [5, 5.41) is 3.41. The Hall–Kier alpha value is -1.22. The first kappa shape index (κ1) is 13.8. The first-order valence-corrected chi connectivity index (χ1v) is 6.49. The van der Waals surface area contributed by atoms with Gasteiger partial charge in [-0.3, -0.25) is 0 Å². The zero-order valence-electron chi connectivity index (χ0n) is 11.3. The van der Waals surface area contributed by atoms with Crippen LogP contribution in [0.4, 0.5) is 11.4 Å². The van der Waals surface area contributed by atoms with E-state index in [1.165, 1.54) is 5.56 Å². The summed E-state index contributed by atoms with van der Waals surface area (Å²) in [4.78, 5) is 2.43. The van der Waals surface area contributed by atoms with Crippen LogP contribution in [0, 0.1) is 6.92 Å². The van der Waals surface area contributed by atoms with Gasteiger partial charge in [0.2, 0.25) is 0 Å². The molecule has 96 valence electrons. The van der Waals surface area contributed by atoms with Gasteiger partial charge in [0.05, 0.1) is 11.4 Å². The molecule has 0 aliphatic carbocycles. The van der Waals surface area contributed by atoms with Gasteiger partial charge in [0, 0.05) is 6.54 Å². The molecule has 0 aromatic heterocycles. The number of aryl methyl sites for hydroxylation is 1. The summed E-state index contributed by atoms with van der Waals surface area (Å²) in [5.41, 5.74) is 9.04. The summed E-state index contributed by atoms with van der Waals surface area (Å²) in [6, 6.07) is 6.10. The second-order valence-corrected chi connectivity index (χ2v) is 4.40. The van der Waals surface area contributed by atoms with E-state index in [1.54, 1.807) is 0 Å². The van der Waals surface area contributed by atoms with E-state index in [0.717, 1.165) is 44.0 Å². The summed E-state index contributed by atoms with van der Waals surface area (Å²) in [6.07, 6.45) is 1.15. The first-order valence-electron chi connectivity index (χ1n) is 6.49. The van der Waals surface area contributed by atoms with Crippen LogP contribution in [0.5, 0.6) is 0 Å². The monoisotopic (exact) mass is 235 g/mol. The van der Waals surface area contributed by atoms with Crippen LogP contribution in [0.25, 0.3) is 0 Å². The average Bonchev–Trinajstić information content (AvgIpc) is 2.33. The third-order valence-electron chi connectivity index (χ3n) is 3.07. The Kier molecular flexibility index (Phi) is 5.84. The Morgan fingerprint density at radius 3 is 2.59 bits per heavy atom. The van der Waals surface area contributed by atoms with Crippen LogP contribution in [-0.2, 0) is 0 Å². The van der Waals surface area contributed by atoms with E-state index in [4.69, 9.17) is 5.73 Å². The van der Waals surface area contributed by atoms with Gasteiger partial charge in [-0.2, -0.15) is 0 Å². The van der Waals surface area contributed by atoms with Crippen molar-refractivity contribution < 1.29 is 0 Å². The van der Waals surface area contributed by atoms with Gasteiger partial charge in [-0.25, -0.2) is 0 Å². The molecule has 3 heteroatoms. The summed E-state index contributed by atoms with van der Waals surface area (Å²) in [5.74, 6) is 0. The zero-order chi connectivity index (χ0) is 12.7. The fourth-order valence-electron chi connectivity index (χ4n) is 1.89. The van der Waals surface area contributed by atoms with Gasteiger partial charge in [0.15, 0.2) is 0 Å². The van der Waals surface area contributed by atoms with Crippen molar-refractivity contribution >= 4 is 11.4 Å². The van der Waals surface area contributed by atoms with Crippen molar-refractivity contribution in [3.8, 4) is 0 Å². The highest BCUT2D eigenvalue weighted by Crippen LogP contribution is 2.19. The van der Waals surface area contributed by atoms with Crippen LogP contribution < -0.4 is 11.1 Å². The molecule has 0 radical (unpaired) electrons. The maximum absolute atomic E-state index is 5.91. The van der Waals surface area contributed by atoms with Crippen molar-refractivity contribution in [1.82, 2.24) is 4.90 Å². The van der Waals surface area contributed by atoms with E-state index in [0.29, 0.717) is 0 Å². The second kappa shape index (κ2) is 7.17. The van der Waals surface area contributed by atoms with Gasteiger partial charge in [0.1, 0.15) is 0 Å². The van der Waals surface area contributed by atoms with E-state index in [9.17, 15) is 0 Å². The highest BCUT2D eigenvalue weighted by Gasteiger charge is 2.00. The third-order valence-corrected chi connectivity index (χ3v) is 3.07. The number of nitrogen functional groups attached to an aromatic ring is 1. The molecule has 0 saturated heterocycles. The van der Waals surface area contributed by atoms with Crippen molar-refractivity contribution in [2.24, 2.45) is 0 Å². The minimum Gasteiger partial charge on any atom is -0.397 e. The molecule has 0 bridgehead atoms. The van der Waals surface area contributed by atoms with Crippen LogP contribution >= 0.6 is 0 Å². The molecular formula is C14H25N3. The van der Waals surface area contributed by atoms with Gasteiger partial charge in [-0.05, 0) is 50.7 Å². The summed E-state index contributed by atoms with van der Waals surface area (Å²) in [7, 11) is 0. The lowest BCUT2D eigenvalue weighted by Gasteiger charge is -2.18. The standard InChI is InChI=1S/C14H25N3/c1-4-17(5-2)10-6-9-16-14-11-12(3)7-8-13(14)15/h7-8,11,16H,4-6,9-10,15H2,1-3H3. The molecular weight excluding hydrogens is 210 g/mol. The average molecular weight is 235 g/mol. The minimum absolute atomic E-state index is 0.832. The lowest BCUT2D eigenvalue weighted by atomic mass is 10.2. The molecule has 0 fully saturated rings. The van der Waals surface area contributed by atoms with Crippen molar-refractivity contribution in [2.45, 2.75) is 27.2 Å². The largest absolute Gasteiger partial charge is 0.397 e. The highest BCUT2D eigenvalue weighted by molar-refractivity contribution is 5.66. The predicted molar refractivity (Wildman–Crippen MR) is 76.5 cm³/mol. The molecule has 3 nitrogen and oxygen atoms in total. The molecule has 17 heavy (non-hydrogen) atoms. The first-order chi connectivity index (χ1) is 8.17. The smallest absolute Gasteiger partial charge is 0.0576 e. The fourth-order valence-corrected chi connectivity index (χ4v) is 1.89. The Labute approximate surface area is 105 Å². The van der Waals surface area contributed by atoms with Crippen LogP contribution in [-0.4, -0.2) is 31.1 Å². The van der Waals surface area contributed by atoms with E-state index < -0.39 is 0 Å². The Balaban J connectivity index is 2.33. The maximum Gasteiger partial charge on any atom is 0.0576 e. The molecule has 1 rings (SSSR count). The molecule has 0 amide bonds. The molecule has 0 aliphatic heterocycles. The van der Waals surface area contributed by atoms with Gasteiger partial charge >= 0.3 is 0 Å². The number of nitrogens with zero attached hydrogens (tertiary/aromatic N) is 1. The van der Waals surface area contributed by atoms with Crippen LogP contribution in [0.1, 0.15) is 25.8 Å². The number of rotatable bonds is 7. The molecule has 0 spiro atoms. The predicted octanol–water partition coefficient (Wildman–Crippen LogP) is 2.72. The number of nitrogens with one attached hydrogen (secondary N) is 1. The lowest BCUT2D eigenvalue weighted by molar-refractivity contribution is 0.303. The summed E-state index contributed by atoms with van der Waals surface area (Å²) in [6.45, 7) is 10.9. The Morgan fingerprint density at radius 1 is 1.24 bits per heavy atom. The highest BCUT2D eigenvalue weighted by atomic mass is 15.1. The van der Waals surface area contributed by atoms with Crippen molar-refractivity contribution in [2.75, 3.05) is 37.2 Å². The molecule has 0 heterocycles. The van der Waals surface area contributed by atoms with Crippen LogP contribution in [0.15, 0.2) is 18.2 Å². The van der Waals surface area contributed by atoms with Gasteiger partial charge < -0.3 is 16.0 Å². The Morgan fingerprint density at radius 2 is 1.94 bits per heavy atom. The topological polar surface area (TPSA) is 41.3 Å². The normalized spacial score (nSPS) is 10.8. The van der Waals surface area contributed by atoms with Crippen LogP contribution in [0.3, 0.4) is 0 Å². The van der Waals surface area contributed by atoms with Crippen LogP contribution in [0.2, 0.25) is 0 Å². The van der Waals surface area contributed by atoms with E-state index in [2.05, 4.69) is 37.1 Å². The van der Waals surface area contributed by atoms with E-state index in [1.807, 2.05) is 12.1 Å². The zero-order valence-corrected chi connectivity index (χ0v) is 11.3. The quantitative estimate of drug-likeness (QED) is 0.564. The van der Waals surface area contributed by atoms with Crippen molar-refractivity contribution in [1.29, 1.82) is 0 Å². The van der Waals surface area contributed by atoms with Gasteiger partial charge in [0.25, 0.3) is 0 Å². The number of benzene rings is 1. The van der Waals surface area contributed by atoms with Crippen molar-refractivity contribution in [3.63, 3.8) is 0 Å². The lowest BCUT2D eigenvalue weighted by Crippen LogP contribution is -2.25. The van der Waals surface area contributed by atoms with Gasteiger partial charge in [-0.1, -0.05) is 19.9 Å². The maximum atomic E-state index is 5.91. The SMILES string of the molecule is CCN(CC)CCCNc1cc(C)ccc1N. The third kappa shape index (κ3) is 4.65. The number of hydrogen-bond donors (Lipinski definition) is 2. The van der Waals surface area contributed by atoms with E-state index >= 15 is 0 Å². The molecule has 3 N–H and O–H groups in total. The van der Waals surface area contributed by atoms with Crippen molar-refractivity contribution in [3.05, 3.63) is 23.8 Å². The van der Waals surface area contributed by atoms with Gasteiger partial charge in [-0.15, -0.1) is 0 Å². The molecule has 0 saturated carbocycles. The molecule has 1 aromatic carbocycles. The van der Waals surface area contributed by atoms with E-state index in [-0.39, 0.29) is 0 Å². The molecule has 1 aromatic rings. The second-order valence-electron chi connectivity index (χ2n) is 4.40. The Bertz CT molecular complexity index is 332. The minimum atomic E-state index is 0.832. The molecule has 0 aliphatic rings. The molecule has 0 atom stereocenters. The fraction of sp³-hybridized carbons (Fsp3) is 0.571.